The normalized spacial score (nSPS) is 20.2. The van der Waals surface area contributed by atoms with Crippen molar-refractivity contribution in [3.63, 3.8) is 0 Å². The van der Waals surface area contributed by atoms with Crippen LogP contribution in [0.15, 0.2) is 29.1 Å². The molecule has 1 saturated heterocycles. The topological polar surface area (TPSA) is 56.3 Å². The summed E-state index contributed by atoms with van der Waals surface area (Å²) in [4.78, 5) is 17.2. The molecule has 19 heavy (non-hydrogen) atoms. The molecule has 4 nitrogen and oxygen atoms in total. The number of hydrogen-bond donors (Lipinski definition) is 2. The van der Waals surface area contributed by atoms with Crippen LogP contribution in [0.5, 0.6) is 0 Å². The van der Waals surface area contributed by atoms with Crippen LogP contribution in [0.25, 0.3) is 10.9 Å². The standard InChI is InChI=1S/C14H15FN2O2/c15-9-1-2-13-12(5-9)14(19)6-10(16-13)7-17-4-3-11(18)8-17/h1-2,5-6,11,18H,3-4,7-8H2,(H,16,19)/t11-/m0/s1. The van der Waals surface area contributed by atoms with Crippen LogP contribution in [0.1, 0.15) is 12.1 Å². The van der Waals surface area contributed by atoms with Gasteiger partial charge in [-0.2, -0.15) is 0 Å². The molecule has 2 aromatic rings. The molecule has 1 aliphatic heterocycles. The van der Waals surface area contributed by atoms with E-state index in [1.54, 1.807) is 6.07 Å². The number of halogens is 1. The van der Waals surface area contributed by atoms with Gasteiger partial charge in [0.05, 0.1) is 6.10 Å². The van der Waals surface area contributed by atoms with E-state index in [4.69, 9.17) is 0 Å². The van der Waals surface area contributed by atoms with Crippen molar-refractivity contribution in [1.82, 2.24) is 9.88 Å². The number of hydrogen-bond acceptors (Lipinski definition) is 3. The highest BCUT2D eigenvalue weighted by Gasteiger charge is 2.20. The number of aromatic nitrogens is 1. The summed E-state index contributed by atoms with van der Waals surface area (Å²) in [5.41, 5.74) is 1.25. The molecular formula is C14H15FN2O2. The number of fused-ring (bicyclic) bond motifs is 1. The first-order chi connectivity index (χ1) is 9.11. The third kappa shape index (κ3) is 2.52. The van der Waals surface area contributed by atoms with Gasteiger partial charge in [-0.1, -0.05) is 0 Å². The number of pyridine rings is 1. The Morgan fingerprint density at radius 1 is 1.42 bits per heavy atom. The Kier molecular flexibility index (Phi) is 3.08. The second-order valence-electron chi connectivity index (χ2n) is 5.03. The Labute approximate surface area is 109 Å². The van der Waals surface area contributed by atoms with Gasteiger partial charge in [-0.05, 0) is 24.6 Å². The van der Waals surface area contributed by atoms with E-state index in [0.29, 0.717) is 24.0 Å². The largest absolute Gasteiger partial charge is 0.392 e. The molecule has 0 aliphatic carbocycles. The fourth-order valence-electron chi connectivity index (χ4n) is 2.56. The number of nitrogens with zero attached hydrogens (tertiary/aromatic N) is 1. The SMILES string of the molecule is O=c1cc(CN2CC[C@H](O)C2)[nH]c2ccc(F)cc12. The molecule has 3 rings (SSSR count). The van der Waals surface area contributed by atoms with Gasteiger partial charge >= 0.3 is 0 Å². The monoisotopic (exact) mass is 262 g/mol. The van der Waals surface area contributed by atoms with E-state index in [2.05, 4.69) is 9.88 Å². The zero-order chi connectivity index (χ0) is 13.4. The van der Waals surface area contributed by atoms with Gasteiger partial charge in [0.15, 0.2) is 5.43 Å². The molecule has 1 atom stereocenters. The Hall–Kier alpha value is -1.72. The van der Waals surface area contributed by atoms with Crippen molar-refractivity contribution in [3.05, 3.63) is 46.0 Å². The number of aromatic amines is 1. The van der Waals surface area contributed by atoms with Crippen LogP contribution >= 0.6 is 0 Å². The summed E-state index contributed by atoms with van der Waals surface area (Å²) >= 11 is 0. The molecular weight excluding hydrogens is 247 g/mol. The van der Waals surface area contributed by atoms with E-state index in [1.165, 1.54) is 18.2 Å². The van der Waals surface area contributed by atoms with Gasteiger partial charge < -0.3 is 10.1 Å². The average Bonchev–Trinajstić information content (AvgIpc) is 2.76. The predicted molar refractivity (Wildman–Crippen MR) is 70.4 cm³/mol. The molecule has 0 spiro atoms. The number of rotatable bonds is 2. The van der Waals surface area contributed by atoms with Gasteiger partial charge in [0.25, 0.3) is 0 Å². The number of aliphatic hydroxyl groups excluding tert-OH is 1. The van der Waals surface area contributed by atoms with Crippen LogP contribution in [0.3, 0.4) is 0 Å². The zero-order valence-electron chi connectivity index (χ0n) is 10.4. The van der Waals surface area contributed by atoms with Gasteiger partial charge in [0.2, 0.25) is 0 Å². The average molecular weight is 262 g/mol. The molecule has 2 heterocycles. The quantitative estimate of drug-likeness (QED) is 0.856. The van der Waals surface area contributed by atoms with E-state index < -0.39 is 5.82 Å². The van der Waals surface area contributed by atoms with E-state index in [-0.39, 0.29) is 11.5 Å². The highest BCUT2D eigenvalue weighted by Crippen LogP contribution is 2.14. The number of aliphatic hydroxyl groups is 1. The second kappa shape index (κ2) is 4.75. The predicted octanol–water partition coefficient (Wildman–Crippen LogP) is 1.23. The van der Waals surface area contributed by atoms with Crippen molar-refractivity contribution in [3.8, 4) is 0 Å². The van der Waals surface area contributed by atoms with Gasteiger partial charge in [-0.15, -0.1) is 0 Å². The minimum absolute atomic E-state index is 0.178. The molecule has 0 bridgehead atoms. The molecule has 1 aliphatic rings. The van der Waals surface area contributed by atoms with Crippen LogP contribution in [0, 0.1) is 5.82 Å². The second-order valence-corrected chi connectivity index (χ2v) is 5.03. The van der Waals surface area contributed by atoms with Crippen molar-refractivity contribution in [2.75, 3.05) is 13.1 Å². The van der Waals surface area contributed by atoms with E-state index >= 15 is 0 Å². The van der Waals surface area contributed by atoms with Crippen LogP contribution in [-0.2, 0) is 6.54 Å². The molecule has 1 aromatic heterocycles. The first-order valence-electron chi connectivity index (χ1n) is 6.34. The lowest BCUT2D eigenvalue weighted by molar-refractivity contribution is 0.174. The number of nitrogens with one attached hydrogen (secondary N) is 1. The van der Waals surface area contributed by atoms with Crippen LogP contribution in [-0.4, -0.2) is 34.2 Å². The highest BCUT2D eigenvalue weighted by molar-refractivity contribution is 5.78. The van der Waals surface area contributed by atoms with Gasteiger partial charge in [-0.3, -0.25) is 9.69 Å². The molecule has 100 valence electrons. The lowest BCUT2D eigenvalue weighted by Crippen LogP contribution is -2.23. The zero-order valence-corrected chi connectivity index (χ0v) is 10.4. The smallest absolute Gasteiger partial charge is 0.189 e. The lowest BCUT2D eigenvalue weighted by Gasteiger charge is -2.15. The Balaban J connectivity index is 1.93. The Bertz CT molecular complexity index is 668. The van der Waals surface area contributed by atoms with E-state index in [9.17, 15) is 14.3 Å². The summed E-state index contributed by atoms with van der Waals surface area (Å²) in [6.45, 7) is 2.05. The van der Waals surface area contributed by atoms with Gasteiger partial charge in [-0.25, -0.2) is 4.39 Å². The van der Waals surface area contributed by atoms with E-state index in [0.717, 1.165) is 18.7 Å². The summed E-state index contributed by atoms with van der Waals surface area (Å²) in [6, 6.07) is 5.67. The summed E-state index contributed by atoms with van der Waals surface area (Å²) < 4.78 is 13.1. The molecule has 1 aromatic carbocycles. The Morgan fingerprint density at radius 2 is 2.26 bits per heavy atom. The van der Waals surface area contributed by atoms with Crippen molar-refractivity contribution in [2.45, 2.75) is 19.1 Å². The maximum Gasteiger partial charge on any atom is 0.189 e. The Morgan fingerprint density at radius 3 is 3.00 bits per heavy atom. The fourth-order valence-corrected chi connectivity index (χ4v) is 2.56. The minimum atomic E-state index is -0.409. The number of β-amino-alcohol motifs (C(OH)–C–C–N with tert-alkyl or cyclic N) is 1. The van der Waals surface area contributed by atoms with Crippen LogP contribution < -0.4 is 5.43 Å². The van der Waals surface area contributed by atoms with Gasteiger partial charge in [0.1, 0.15) is 5.82 Å². The van der Waals surface area contributed by atoms with Crippen molar-refractivity contribution in [1.29, 1.82) is 0 Å². The molecule has 5 heteroatoms. The third-order valence-electron chi connectivity index (χ3n) is 3.49. The first-order valence-corrected chi connectivity index (χ1v) is 6.34. The maximum absolute atomic E-state index is 13.1. The van der Waals surface area contributed by atoms with E-state index in [1.807, 2.05) is 0 Å². The number of benzene rings is 1. The molecule has 0 unspecified atom stereocenters. The molecule has 0 radical (unpaired) electrons. The van der Waals surface area contributed by atoms with Crippen LogP contribution in [0.4, 0.5) is 4.39 Å². The molecule has 2 N–H and O–H groups in total. The summed E-state index contributed by atoms with van der Waals surface area (Å²) in [5.74, 6) is -0.409. The highest BCUT2D eigenvalue weighted by atomic mass is 19.1. The van der Waals surface area contributed by atoms with Crippen molar-refractivity contribution in [2.24, 2.45) is 0 Å². The van der Waals surface area contributed by atoms with Crippen molar-refractivity contribution >= 4 is 10.9 Å². The molecule has 0 amide bonds. The minimum Gasteiger partial charge on any atom is -0.392 e. The third-order valence-corrected chi connectivity index (χ3v) is 3.49. The van der Waals surface area contributed by atoms with Crippen molar-refractivity contribution < 1.29 is 9.50 Å². The summed E-state index contributed by atoms with van der Waals surface area (Å²) in [7, 11) is 0. The number of H-pyrrole nitrogens is 1. The lowest BCUT2D eigenvalue weighted by atomic mass is 10.2. The van der Waals surface area contributed by atoms with Gasteiger partial charge in [0, 0.05) is 42.3 Å². The molecule has 0 saturated carbocycles. The maximum atomic E-state index is 13.1. The van der Waals surface area contributed by atoms with Crippen LogP contribution in [0.2, 0.25) is 0 Å². The molecule has 1 fully saturated rings. The summed E-state index contributed by atoms with van der Waals surface area (Å²) in [5, 5.41) is 9.85. The summed E-state index contributed by atoms with van der Waals surface area (Å²) in [6.07, 6.45) is 0.490. The number of likely N-dealkylation sites (tertiary alicyclic amines) is 1. The fraction of sp³-hybridized carbons (Fsp3) is 0.357. The first kappa shape index (κ1) is 12.3.